The molecule has 5 nitrogen and oxygen atoms in total. The van der Waals surface area contributed by atoms with Crippen LogP contribution < -0.4 is 0 Å². The molecule has 0 bridgehead atoms. The summed E-state index contributed by atoms with van der Waals surface area (Å²) in [6, 6.07) is 0. The molecule has 1 heterocycles. The van der Waals surface area contributed by atoms with Gasteiger partial charge in [-0.1, -0.05) is 27.7 Å². The van der Waals surface area contributed by atoms with Crippen molar-refractivity contribution in [3.8, 4) is 0 Å². The highest BCUT2D eigenvalue weighted by Crippen LogP contribution is 2.19. The largest absolute Gasteiger partial charge is 0.332 e. The van der Waals surface area contributed by atoms with Gasteiger partial charge in [0, 0.05) is 20.0 Å². The first-order chi connectivity index (χ1) is 7.66. The molecule has 17 heavy (non-hydrogen) atoms. The Hall–Kier alpha value is -0.880. The summed E-state index contributed by atoms with van der Waals surface area (Å²) in [5.74, 6) is 0.688. The van der Waals surface area contributed by atoms with Crippen molar-refractivity contribution in [1.29, 1.82) is 0 Å². The van der Waals surface area contributed by atoms with Gasteiger partial charge in [0.15, 0.2) is 5.03 Å². The molecule has 1 aromatic rings. The van der Waals surface area contributed by atoms with Gasteiger partial charge in [-0.15, -0.1) is 0 Å². The zero-order valence-corrected chi connectivity index (χ0v) is 11.9. The van der Waals surface area contributed by atoms with Gasteiger partial charge in [-0.3, -0.25) is 0 Å². The lowest BCUT2D eigenvalue weighted by molar-refractivity contribution is 0.310. The Morgan fingerprint density at radius 3 is 2.41 bits per heavy atom. The Morgan fingerprint density at radius 1 is 1.41 bits per heavy atom. The number of imidazole rings is 1. The van der Waals surface area contributed by atoms with Crippen molar-refractivity contribution in [3.05, 3.63) is 12.0 Å². The molecule has 98 valence electrons. The predicted octanol–water partition coefficient (Wildman–Crippen LogP) is 1.64. The van der Waals surface area contributed by atoms with Crippen molar-refractivity contribution < 1.29 is 8.42 Å². The summed E-state index contributed by atoms with van der Waals surface area (Å²) in [6.45, 7) is 8.40. The SMILES string of the molecule is CCc1ncc(S(=O)(=O)N(C)CC(C)(C)C)[nH]1. The van der Waals surface area contributed by atoms with Crippen molar-refractivity contribution in [3.63, 3.8) is 0 Å². The molecular formula is C11H21N3O2S. The first kappa shape index (κ1) is 14.2. The van der Waals surface area contributed by atoms with Gasteiger partial charge in [0.2, 0.25) is 0 Å². The Kier molecular flexibility index (Phi) is 3.99. The Balaban J connectivity index is 2.95. The van der Waals surface area contributed by atoms with Crippen molar-refractivity contribution in [2.45, 2.75) is 39.1 Å². The van der Waals surface area contributed by atoms with Crippen LogP contribution >= 0.6 is 0 Å². The van der Waals surface area contributed by atoms with E-state index in [1.54, 1.807) is 7.05 Å². The molecular weight excluding hydrogens is 238 g/mol. The van der Waals surface area contributed by atoms with Crippen LogP contribution in [0.25, 0.3) is 0 Å². The van der Waals surface area contributed by atoms with E-state index in [0.717, 1.165) is 0 Å². The summed E-state index contributed by atoms with van der Waals surface area (Å²) >= 11 is 0. The van der Waals surface area contributed by atoms with Crippen LogP contribution in [-0.4, -0.2) is 36.3 Å². The Morgan fingerprint density at radius 2 is 2.00 bits per heavy atom. The third-order valence-electron chi connectivity index (χ3n) is 2.33. The van der Waals surface area contributed by atoms with E-state index in [9.17, 15) is 8.42 Å². The molecule has 0 aliphatic rings. The van der Waals surface area contributed by atoms with E-state index in [2.05, 4.69) is 9.97 Å². The minimum atomic E-state index is -3.45. The van der Waals surface area contributed by atoms with Crippen LogP contribution in [-0.2, 0) is 16.4 Å². The molecule has 0 aliphatic carbocycles. The lowest BCUT2D eigenvalue weighted by Gasteiger charge is -2.25. The van der Waals surface area contributed by atoms with Crippen LogP contribution in [0, 0.1) is 5.41 Å². The molecule has 0 saturated heterocycles. The van der Waals surface area contributed by atoms with Gasteiger partial charge in [0.25, 0.3) is 10.0 Å². The summed E-state index contributed by atoms with van der Waals surface area (Å²) in [5.41, 5.74) is -0.0740. The van der Waals surface area contributed by atoms with Crippen molar-refractivity contribution in [2.75, 3.05) is 13.6 Å². The van der Waals surface area contributed by atoms with Crippen LogP contribution in [0.15, 0.2) is 11.2 Å². The van der Waals surface area contributed by atoms with Crippen LogP contribution in [0.1, 0.15) is 33.5 Å². The summed E-state index contributed by atoms with van der Waals surface area (Å²) < 4.78 is 25.7. The number of aromatic nitrogens is 2. The molecule has 0 atom stereocenters. The van der Waals surface area contributed by atoms with Crippen molar-refractivity contribution in [2.24, 2.45) is 5.41 Å². The fourth-order valence-electron chi connectivity index (χ4n) is 1.57. The highest BCUT2D eigenvalue weighted by molar-refractivity contribution is 7.89. The fourth-order valence-corrected chi connectivity index (χ4v) is 2.90. The number of rotatable bonds is 4. The van der Waals surface area contributed by atoms with Gasteiger partial charge in [0.1, 0.15) is 5.82 Å². The third kappa shape index (κ3) is 3.54. The normalized spacial score (nSPS) is 13.3. The Labute approximate surface area is 103 Å². The van der Waals surface area contributed by atoms with Crippen molar-refractivity contribution >= 4 is 10.0 Å². The van der Waals surface area contributed by atoms with E-state index in [-0.39, 0.29) is 10.4 Å². The average molecular weight is 259 g/mol. The van der Waals surface area contributed by atoms with Crippen LogP contribution in [0.4, 0.5) is 0 Å². The number of sulfonamides is 1. The van der Waals surface area contributed by atoms with Crippen molar-refractivity contribution in [1.82, 2.24) is 14.3 Å². The maximum Gasteiger partial charge on any atom is 0.259 e. The number of aryl methyl sites for hydroxylation is 1. The van der Waals surface area contributed by atoms with E-state index in [1.165, 1.54) is 10.5 Å². The average Bonchev–Trinajstić information content (AvgIpc) is 2.63. The first-order valence-electron chi connectivity index (χ1n) is 5.67. The monoisotopic (exact) mass is 259 g/mol. The molecule has 0 aliphatic heterocycles. The number of hydrogen-bond donors (Lipinski definition) is 1. The summed E-state index contributed by atoms with van der Waals surface area (Å²) in [6.07, 6.45) is 2.08. The minimum absolute atomic E-state index is 0.0740. The number of hydrogen-bond acceptors (Lipinski definition) is 3. The molecule has 6 heteroatoms. The molecule has 0 aromatic carbocycles. The minimum Gasteiger partial charge on any atom is -0.332 e. The fraction of sp³-hybridized carbons (Fsp3) is 0.727. The molecule has 1 aromatic heterocycles. The number of aromatic amines is 1. The highest BCUT2D eigenvalue weighted by atomic mass is 32.2. The lowest BCUT2D eigenvalue weighted by atomic mass is 9.97. The molecule has 1 rings (SSSR count). The summed E-state index contributed by atoms with van der Waals surface area (Å²) in [7, 11) is -1.86. The number of H-pyrrole nitrogens is 1. The summed E-state index contributed by atoms with van der Waals surface area (Å²) in [5, 5.41) is 0.168. The predicted molar refractivity (Wildman–Crippen MR) is 67.2 cm³/mol. The molecule has 0 radical (unpaired) electrons. The zero-order valence-electron chi connectivity index (χ0n) is 11.1. The first-order valence-corrected chi connectivity index (χ1v) is 7.11. The second-order valence-corrected chi connectivity index (χ2v) is 7.38. The lowest BCUT2D eigenvalue weighted by Crippen LogP contribution is -2.34. The van der Waals surface area contributed by atoms with E-state index >= 15 is 0 Å². The maximum absolute atomic E-state index is 12.2. The van der Waals surface area contributed by atoms with Crippen LogP contribution in [0.5, 0.6) is 0 Å². The zero-order chi connectivity index (χ0) is 13.3. The molecule has 0 saturated carbocycles. The molecule has 0 spiro atoms. The molecule has 0 unspecified atom stereocenters. The second-order valence-electron chi connectivity index (χ2n) is 5.37. The molecule has 0 amide bonds. The highest BCUT2D eigenvalue weighted by Gasteiger charge is 2.26. The van der Waals surface area contributed by atoms with Gasteiger partial charge in [-0.05, 0) is 5.41 Å². The standard InChI is InChI=1S/C11H21N3O2S/c1-6-9-12-7-10(13-9)17(15,16)14(5)8-11(2,3)4/h7H,6,8H2,1-5H3,(H,12,13). The Bertz CT molecular complexity index is 471. The van der Waals surface area contributed by atoms with Gasteiger partial charge < -0.3 is 4.98 Å². The molecule has 0 fully saturated rings. The van der Waals surface area contributed by atoms with Gasteiger partial charge in [-0.25, -0.2) is 13.4 Å². The van der Waals surface area contributed by atoms with E-state index in [1.807, 2.05) is 27.7 Å². The van der Waals surface area contributed by atoms with E-state index < -0.39 is 10.0 Å². The maximum atomic E-state index is 12.2. The van der Waals surface area contributed by atoms with E-state index in [0.29, 0.717) is 18.8 Å². The van der Waals surface area contributed by atoms with Crippen LogP contribution in [0.3, 0.4) is 0 Å². The summed E-state index contributed by atoms with van der Waals surface area (Å²) in [4.78, 5) is 6.85. The molecule has 1 N–H and O–H groups in total. The topological polar surface area (TPSA) is 66.1 Å². The number of nitrogens with one attached hydrogen (secondary N) is 1. The quantitative estimate of drug-likeness (QED) is 0.894. The second kappa shape index (κ2) is 4.78. The number of nitrogens with zero attached hydrogens (tertiary/aromatic N) is 2. The van der Waals surface area contributed by atoms with Gasteiger partial charge in [0.05, 0.1) is 6.20 Å². The third-order valence-corrected chi connectivity index (χ3v) is 4.04. The smallest absolute Gasteiger partial charge is 0.259 e. The van der Waals surface area contributed by atoms with E-state index in [4.69, 9.17) is 0 Å². The van der Waals surface area contributed by atoms with Crippen LogP contribution in [0.2, 0.25) is 0 Å². The van der Waals surface area contributed by atoms with Gasteiger partial charge in [-0.2, -0.15) is 4.31 Å². The van der Waals surface area contributed by atoms with Gasteiger partial charge >= 0.3 is 0 Å².